The van der Waals surface area contributed by atoms with Gasteiger partial charge in [-0.25, -0.2) is 8.78 Å². The zero-order valence-electron chi connectivity index (χ0n) is 10.2. The van der Waals surface area contributed by atoms with Crippen molar-refractivity contribution < 1.29 is 13.6 Å². The van der Waals surface area contributed by atoms with Crippen molar-refractivity contribution in [2.75, 3.05) is 17.7 Å². The second-order valence-corrected chi connectivity index (χ2v) is 4.02. The number of benzene rings is 2. The number of amides is 1. The molecule has 0 aliphatic heterocycles. The van der Waals surface area contributed by atoms with Crippen LogP contribution in [0.2, 0.25) is 0 Å². The summed E-state index contributed by atoms with van der Waals surface area (Å²) >= 11 is 0. The first-order chi connectivity index (χ1) is 9.02. The molecule has 0 aromatic heterocycles. The lowest BCUT2D eigenvalue weighted by Crippen LogP contribution is -2.28. The number of hydrogen-bond acceptors (Lipinski definition) is 2. The van der Waals surface area contributed by atoms with E-state index < -0.39 is 17.5 Å². The SMILES string of the molecule is CN(C(=O)c1cccc(F)c1N)c1ccccc1F. The lowest BCUT2D eigenvalue weighted by molar-refractivity contribution is 0.0992. The number of halogens is 2. The van der Waals surface area contributed by atoms with E-state index in [2.05, 4.69) is 0 Å². The maximum atomic E-state index is 13.6. The van der Waals surface area contributed by atoms with Crippen LogP contribution in [0.15, 0.2) is 42.5 Å². The molecule has 0 radical (unpaired) electrons. The number of para-hydroxylation sites is 2. The molecule has 5 heteroatoms. The van der Waals surface area contributed by atoms with Crippen molar-refractivity contribution in [3.63, 3.8) is 0 Å². The Labute approximate surface area is 109 Å². The molecule has 0 unspecified atom stereocenters. The topological polar surface area (TPSA) is 46.3 Å². The minimum atomic E-state index is -0.673. The number of carbonyl (C=O) groups excluding carboxylic acids is 1. The summed E-state index contributed by atoms with van der Waals surface area (Å²) in [6.45, 7) is 0. The lowest BCUT2D eigenvalue weighted by Gasteiger charge is -2.19. The van der Waals surface area contributed by atoms with Gasteiger partial charge >= 0.3 is 0 Å². The van der Waals surface area contributed by atoms with Gasteiger partial charge in [0.15, 0.2) is 0 Å². The maximum Gasteiger partial charge on any atom is 0.260 e. The van der Waals surface area contributed by atoms with Crippen LogP contribution in [0.25, 0.3) is 0 Å². The van der Waals surface area contributed by atoms with Crippen molar-refractivity contribution in [2.45, 2.75) is 0 Å². The molecule has 0 aliphatic carbocycles. The van der Waals surface area contributed by atoms with Gasteiger partial charge in [-0.05, 0) is 24.3 Å². The molecular formula is C14H12F2N2O. The fourth-order valence-electron chi connectivity index (χ4n) is 1.74. The number of carbonyl (C=O) groups is 1. The number of anilines is 2. The molecule has 3 nitrogen and oxygen atoms in total. The molecule has 0 saturated heterocycles. The van der Waals surface area contributed by atoms with Crippen LogP contribution >= 0.6 is 0 Å². The monoisotopic (exact) mass is 262 g/mol. The Morgan fingerprint density at radius 1 is 1.05 bits per heavy atom. The van der Waals surface area contributed by atoms with Crippen LogP contribution in [0, 0.1) is 11.6 Å². The van der Waals surface area contributed by atoms with Crippen molar-refractivity contribution in [1.29, 1.82) is 0 Å². The van der Waals surface area contributed by atoms with Gasteiger partial charge in [-0.2, -0.15) is 0 Å². The summed E-state index contributed by atoms with van der Waals surface area (Å²) < 4.78 is 26.9. The van der Waals surface area contributed by atoms with Gasteiger partial charge in [-0.3, -0.25) is 4.79 Å². The highest BCUT2D eigenvalue weighted by Crippen LogP contribution is 2.22. The highest BCUT2D eigenvalue weighted by Gasteiger charge is 2.19. The van der Waals surface area contributed by atoms with Crippen molar-refractivity contribution in [3.05, 3.63) is 59.7 Å². The standard InChI is InChI=1S/C14H12F2N2O/c1-18(12-8-3-2-6-10(12)15)14(19)9-5-4-7-11(16)13(9)17/h2-8H,17H2,1H3. The first-order valence-electron chi connectivity index (χ1n) is 5.59. The number of rotatable bonds is 2. The van der Waals surface area contributed by atoms with Gasteiger partial charge in [-0.1, -0.05) is 18.2 Å². The molecule has 2 N–H and O–H groups in total. The average Bonchev–Trinajstić information content (AvgIpc) is 2.41. The molecule has 0 saturated carbocycles. The van der Waals surface area contributed by atoms with Crippen LogP contribution in [0.5, 0.6) is 0 Å². The van der Waals surface area contributed by atoms with E-state index in [1.807, 2.05) is 0 Å². The summed E-state index contributed by atoms with van der Waals surface area (Å²) in [7, 11) is 1.41. The van der Waals surface area contributed by atoms with Gasteiger partial charge in [0, 0.05) is 7.05 Å². The van der Waals surface area contributed by atoms with Gasteiger partial charge in [0.2, 0.25) is 0 Å². The van der Waals surface area contributed by atoms with Crippen molar-refractivity contribution in [3.8, 4) is 0 Å². The number of hydrogen-bond donors (Lipinski definition) is 1. The highest BCUT2D eigenvalue weighted by molar-refractivity contribution is 6.09. The highest BCUT2D eigenvalue weighted by atomic mass is 19.1. The van der Waals surface area contributed by atoms with Crippen LogP contribution in [-0.4, -0.2) is 13.0 Å². The van der Waals surface area contributed by atoms with Crippen molar-refractivity contribution in [1.82, 2.24) is 0 Å². The van der Waals surface area contributed by atoms with Crippen LogP contribution < -0.4 is 10.6 Å². The lowest BCUT2D eigenvalue weighted by atomic mass is 10.1. The normalized spacial score (nSPS) is 10.3. The van der Waals surface area contributed by atoms with E-state index in [-0.39, 0.29) is 16.9 Å². The molecule has 2 aromatic carbocycles. The third kappa shape index (κ3) is 2.40. The Morgan fingerprint density at radius 3 is 2.37 bits per heavy atom. The van der Waals surface area contributed by atoms with E-state index in [4.69, 9.17) is 5.73 Å². The Hall–Kier alpha value is -2.43. The van der Waals surface area contributed by atoms with Crippen molar-refractivity contribution in [2.24, 2.45) is 0 Å². The second kappa shape index (κ2) is 5.06. The molecule has 0 fully saturated rings. The van der Waals surface area contributed by atoms with Crippen molar-refractivity contribution >= 4 is 17.3 Å². The summed E-state index contributed by atoms with van der Waals surface area (Å²) in [5.74, 6) is -1.77. The molecule has 2 aromatic rings. The van der Waals surface area contributed by atoms with Gasteiger partial charge in [-0.15, -0.1) is 0 Å². The largest absolute Gasteiger partial charge is 0.396 e. The predicted molar refractivity (Wildman–Crippen MR) is 69.9 cm³/mol. The number of nitrogens with zero attached hydrogens (tertiary/aromatic N) is 1. The van der Waals surface area contributed by atoms with E-state index in [1.165, 1.54) is 37.4 Å². The molecule has 2 rings (SSSR count). The van der Waals surface area contributed by atoms with Crippen LogP contribution in [0.4, 0.5) is 20.2 Å². The smallest absolute Gasteiger partial charge is 0.260 e. The predicted octanol–water partition coefficient (Wildman–Crippen LogP) is 2.82. The van der Waals surface area contributed by atoms with Gasteiger partial charge in [0.05, 0.1) is 16.9 Å². The fourth-order valence-corrected chi connectivity index (χ4v) is 1.74. The quantitative estimate of drug-likeness (QED) is 0.846. The van der Waals surface area contributed by atoms with Crippen LogP contribution in [0.1, 0.15) is 10.4 Å². The molecule has 1 amide bonds. The van der Waals surface area contributed by atoms with Crippen LogP contribution in [-0.2, 0) is 0 Å². The summed E-state index contributed by atoms with van der Waals surface area (Å²) in [6.07, 6.45) is 0. The Kier molecular flexibility index (Phi) is 3.46. The van der Waals surface area contributed by atoms with E-state index in [0.717, 1.165) is 11.0 Å². The second-order valence-electron chi connectivity index (χ2n) is 4.02. The van der Waals surface area contributed by atoms with Gasteiger partial charge in [0.1, 0.15) is 11.6 Å². The zero-order valence-corrected chi connectivity index (χ0v) is 10.2. The van der Waals surface area contributed by atoms with Gasteiger partial charge < -0.3 is 10.6 Å². The minimum absolute atomic E-state index is 0.00533. The van der Waals surface area contributed by atoms with E-state index in [9.17, 15) is 13.6 Å². The molecule has 0 bridgehead atoms. The molecule has 0 heterocycles. The first-order valence-corrected chi connectivity index (χ1v) is 5.59. The van der Waals surface area contributed by atoms with E-state index in [0.29, 0.717) is 0 Å². The average molecular weight is 262 g/mol. The Bertz CT molecular complexity index is 629. The Balaban J connectivity index is 2.40. The number of nitrogen functional groups attached to an aromatic ring is 1. The molecule has 19 heavy (non-hydrogen) atoms. The molecular weight excluding hydrogens is 250 g/mol. The van der Waals surface area contributed by atoms with Crippen LogP contribution in [0.3, 0.4) is 0 Å². The zero-order chi connectivity index (χ0) is 14.0. The third-order valence-electron chi connectivity index (χ3n) is 2.80. The molecule has 0 atom stereocenters. The van der Waals surface area contributed by atoms with E-state index in [1.54, 1.807) is 6.07 Å². The molecule has 98 valence electrons. The Morgan fingerprint density at radius 2 is 1.68 bits per heavy atom. The first kappa shape index (κ1) is 13.0. The molecule has 0 aliphatic rings. The maximum absolute atomic E-state index is 13.6. The summed E-state index contributed by atoms with van der Waals surface area (Å²) in [5.41, 5.74) is 5.39. The summed E-state index contributed by atoms with van der Waals surface area (Å²) in [6, 6.07) is 9.78. The summed E-state index contributed by atoms with van der Waals surface area (Å²) in [4.78, 5) is 13.3. The number of nitrogens with two attached hydrogens (primary N) is 1. The van der Waals surface area contributed by atoms with Gasteiger partial charge in [0.25, 0.3) is 5.91 Å². The summed E-state index contributed by atoms with van der Waals surface area (Å²) in [5, 5.41) is 0. The third-order valence-corrected chi connectivity index (χ3v) is 2.80. The minimum Gasteiger partial charge on any atom is -0.396 e. The molecule has 0 spiro atoms. The van der Waals surface area contributed by atoms with E-state index >= 15 is 0 Å². The fraction of sp³-hybridized carbons (Fsp3) is 0.0714.